The summed E-state index contributed by atoms with van der Waals surface area (Å²) in [6.45, 7) is 2.33. The van der Waals surface area contributed by atoms with Crippen molar-refractivity contribution in [2.75, 3.05) is 18.6 Å². The van der Waals surface area contributed by atoms with Crippen LogP contribution in [0.5, 0.6) is 11.5 Å². The predicted molar refractivity (Wildman–Crippen MR) is 122 cm³/mol. The monoisotopic (exact) mass is 538 g/mol. The Morgan fingerprint density at radius 1 is 1.21 bits per heavy atom. The Labute approximate surface area is 190 Å². The Morgan fingerprint density at radius 2 is 1.97 bits per heavy atom. The molecule has 0 bridgehead atoms. The molecule has 1 aliphatic rings. The minimum absolute atomic E-state index is 0.0284. The van der Waals surface area contributed by atoms with Crippen molar-refractivity contribution in [2.45, 2.75) is 6.92 Å². The van der Waals surface area contributed by atoms with Gasteiger partial charge in [-0.2, -0.15) is 0 Å². The number of hydrogen-bond donors (Lipinski definition) is 1. The molecule has 0 aromatic heterocycles. The van der Waals surface area contributed by atoms with Gasteiger partial charge in [-0.15, -0.1) is 0 Å². The lowest BCUT2D eigenvalue weighted by atomic mass is 10.1. The summed E-state index contributed by atoms with van der Waals surface area (Å²) in [5.74, 6) is -0.0411. The second-order valence-electron chi connectivity index (χ2n) is 5.90. The van der Waals surface area contributed by atoms with Crippen LogP contribution in [0.2, 0.25) is 0 Å². The topological polar surface area (TPSA) is 67.9 Å². The number of benzene rings is 2. The molecule has 6 nitrogen and oxygen atoms in total. The Bertz CT molecular complexity index is 1040. The predicted octanol–water partition coefficient (Wildman–Crippen LogP) is 4.45. The number of hydrogen-bond acceptors (Lipinski definition) is 5. The molecular formula is C20H16Br2N2O4S. The average Bonchev–Trinajstić information content (AvgIpc) is 2.67. The van der Waals surface area contributed by atoms with Crippen LogP contribution in [0.4, 0.5) is 5.69 Å². The van der Waals surface area contributed by atoms with Gasteiger partial charge in [0, 0.05) is 4.47 Å². The first kappa shape index (κ1) is 21.5. The number of carbonyl (C=O) groups excluding carboxylic acids is 2. The first-order chi connectivity index (χ1) is 13.8. The van der Waals surface area contributed by atoms with Gasteiger partial charge in [0.05, 0.1) is 23.9 Å². The molecule has 0 radical (unpaired) electrons. The Kier molecular flexibility index (Phi) is 6.71. The normalized spacial score (nSPS) is 15.5. The summed E-state index contributed by atoms with van der Waals surface area (Å²) < 4.78 is 12.4. The summed E-state index contributed by atoms with van der Waals surface area (Å²) in [5, 5.41) is 2.60. The second kappa shape index (κ2) is 9.06. The van der Waals surface area contributed by atoms with Crippen LogP contribution in [0.3, 0.4) is 0 Å². The van der Waals surface area contributed by atoms with E-state index in [0.717, 1.165) is 4.47 Å². The lowest BCUT2D eigenvalue weighted by molar-refractivity contribution is -0.122. The molecule has 2 aromatic carbocycles. The number of nitrogens with one attached hydrogen (secondary N) is 1. The lowest BCUT2D eigenvalue weighted by Crippen LogP contribution is -2.54. The number of rotatable bonds is 5. The van der Waals surface area contributed by atoms with E-state index in [2.05, 4.69) is 37.2 Å². The van der Waals surface area contributed by atoms with Crippen molar-refractivity contribution in [1.29, 1.82) is 0 Å². The zero-order valence-electron chi connectivity index (χ0n) is 15.5. The third-order valence-electron chi connectivity index (χ3n) is 4.02. The van der Waals surface area contributed by atoms with E-state index in [-0.39, 0.29) is 10.7 Å². The van der Waals surface area contributed by atoms with E-state index in [1.165, 1.54) is 18.1 Å². The second-order valence-corrected chi connectivity index (χ2v) is 8.06. The number of ether oxygens (including phenoxy) is 2. The number of amides is 2. The fourth-order valence-electron chi connectivity index (χ4n) is 2.78. The number of thiocarbonyl (C=S) groups is 1. The van der Waals surface area contributed by atoms with E-state index in [1.807, 2.05) is 13.0 Å². The van der Waals surface area contributed by atoms with Gasteiger partial charge in [0.1, 0.15) is 5.57 Å². The van der Waals surface area contributed by atoms with Gasteiger partial charge in [-0.1, -0.05) is 22.0 Å². The van der Waals surface area contributed by atoms with Crippen LogP contribution in [0.1, 0.15) is 12.5 Å². The molecule has 0 aliphatic carbocycles. The van der Waals surface area contributed by atoms with Crippen LogP contribution in [0, 0.1) is 0 Å². The van der Waals surface area contributed by atoms with Gasteiger partial charge in [-0.3, -0.25) is 19.8 Å². The van der Waals surface area contributed by atoms with Crippen molar-refractivity contribution >= 4 is 72.8 Å². The van der Waals surface area contributed by atoms with Crippen molar-refractivity contribution < 1.29 is 19.1 Å². The minimum atomic E-state index is -0.560. The summed E-state index contributed by atoms with van der Waals surface area (Å²) in [7, 11) is 1.52. The van der Waals surface area contributed by atoms with Gasteiger partial charge in [0.15, 0.2) is 16.6 Å². The summed E-state index contributed by atoms with van der Waals surface area (Å²) in [6, 6.07) is 10.5. The van der Waals surface area contributed by atoms with Crippen molar-refractivity contribution in [3.63, 3.8) is 0 Å². The van der Waals surface area contributed by atoms with Gasteiger partial charge in [-0.25, -0.2) is 0 Å². The van der Waals surface area contributed by atoms with Crippen LogP contribution < -0.4 is 19.7 Å². The van der Waals surface area contributed by atoms with Gasteiger partial charge < -0.3 is 9.47 Å². The third-order valence-corrected chi connectivity index (χ3v) is 5.39. The summed E-state index contributed by atoms with van der Waals surface area (Å²) in [5.41, 5.74) is 1.10. The van der Waals surface area contributed by atoms with Crippen LogP contribution in [-0.2, 0) is 9.59 Å². The Balaban J connectivity index is 2.04. The first-order valence-electron chi connectivity index (χ1n) is 8.53. The molecule has 1 aliphatic heterocycles. The Morgan fingerprint density at radius 3 is 2.62 bits per heavy atom. The maximum atomic E-state index is 13.1. The molecule has 9 heteroatoms. The van der Waals surface area contributed by atoms with Crippen LogP contribution in [-0.4, -0.2) is 30.6 Å². The average molecular weight is 540 g/mol. The standard InChI is InChI=1S/C20H16Br2N2O4S/c1-3-28-17-15(22)8-11(9-16(17)27-2)7-14-18(25)23-20(29)24(19(14)26)13-6-4-5-12(21)10-13/h4-10H,3H2,1-2H3,(H,23,25,29)/b14-7+. The van der Waals surface area contributed by atoms with E-state index >= 15 is 0 Å². The smallest absolute Gasteiger partial charge is 0.270 e. The fourth-order valence-corrected chi connectivity index (χ4v) is 4.02. The molecule has 3 rings (SSSR count). The van der Waals surface area contributed by atoms with E-state index in [4.69, 9.17) is 21.7 Å². The summed E-state index contributed by atoms with van der Waals surface area (Å²) in [4.78, 5) is 26.9. The highest BCUT2D eigenvalue weighted by Crippen LogP contribution is 2.37. The molecule has 1 N–H and O–H groups in total. The third kappa shape index (κ3) is 4.52. The SMILES string of the molecule is CCOc1c(Br)cc(/C=C2\C(=O)NC(=S)N(c3cccc(Br)c3)C2=O)cc1OC. The maximum Gasteiger partial charge on any atom is 0.270 e. The van der Waals surface area contributed by atoms with Gasteiger partial charge >= 0.3 is 0 Å². The maximum absolute atomic E-state index is 13.1. The molecule has 1 heterocycles. The Hall–Kier alpha value is -2.23. The summed E-state index contributed by atoms with van der Waals surface area (Å²) in [6.07, 6.45) is 1.49. The van der Waals surface area contributed by atoms with E-state index < -0.39 is 11.8 Å². The highest BCUT2D eigenvalue weighted by molar-refractivity contribution is 9.10. The van der Waals surface area contributed by atoms with Gasteiger partial charge in [0.25, 0.3) is 11.8 Å². The number of halogens is 2. The minimum Gasteiger partial charge on any atom is -0.493 e. The van der Waals surface area contributed by atoms with Crippen LogP contribution in [0.25, 0.3) is 6.08 Å². The molecule has 150 valence electrons. The largest absolute Gasteiger partial charge is 0.493 e. The molecule has 2 amide bonds. The molecule has 0 atom stereocenters. The fraction of sp³-hybridized carbons (Fsp3) is 0.150. The molecule has 1 fully saturated rings. The van der Waals surface area contributed by atoms with Crippen molar-refractivity contribution in [3.05, 3.63) is 56.5 Å². The van der Waals surface area contributed by atoms with Gasteiger partial charge in [0.2, 0.25) is 0 Å². The molecule has 0 saturated carbocycles. The highest BCUT2D eigenvalue weighted by Gasteiger charge is 2.34. The van der Waals surface area contributed by atoms with Crippen LogP contribution >= 0.6 is 44.1 Å². The summed E-state index contributed by atoms with van der Waals surface area (Å²) >= 11 is 12.0. The molecule has 0 unspecified atom stereocenters. The van der Waals surface area contributed by atoms with E-state index in [0.29, 0.717) is 33.8 Å². The highest BCUT2D eigenvalue weighted by atomic mass is 79.9. The molecular weight excluding hydrogens is 524 g/mol. The van der Waals surface area contributed by atoms with Crippen molar-refractivity contribution in [3.8, 4) is 11.5 Å². The van der Waals surface area contributed by atoms with Gasteiger partial charge in [-0.05, 0) is 77.0 Å². The molecule has 2 aromatic rings. The van der Waals surface area contributed by atoms with Crippen LogP contribution in [0.15, 0.2) is 50.9 Å². The first-order valence-corrected chi connectivity index (χ1v) is 10.5. The lowest BCUT2D eigenvalue weighted by Gasteiger charge is -2.29. The number of methoxy groups -OCH3 is 1. The molecule has 1 saturated heterocycles. The van der Waals surface area contributed by atoms with Crippen molar-refractivity contribution in [1.82, 2.24) is 5.32 Å². The number of nitrogens with zero attached hydrogens (tertiary/aromatic N) is 1. The molecule has 29 heavy (non-hydrogen) atoms. The van der Waals surface area contributed by atoms with Crippen molar-refractivity contribution in [2.24, 2.45) is 0 Å². The number of carbonyl (C=O) groups is 2. The number of anilines is 1. The van der Waals surface area contributed by atoms with E-state index in [1.54, 1.807) is 30.3 Å². The van der Waals surface area contributed by atoms with E-state index in [9.17, 15) is 9.59 Å². The quantitative estimate of drug-likeness (QED) is 0.345. The molecule has 0 spiro atoms. The zero-order valence-corrected chi connectivity index (χ0v) is 19.5. The zero-order chi connectivity index (χ0) is 21.1.